The van der Waals surface area contributed by atoms with E-state index in [4.69, 9.17) is 11.6 Å². The van der Waals surface area contributed by atoms with Crippen LogP contribution in [0.15, 0.2) is 10.9 Å². The summed E-state index contributed by atoms with van der Waals surface area (Å²) in [6.07, 6.45) is 1.62. The fourth-order valence-electron chi connectivity index (χ4n) is 1.20. The summed E-state index contributed by atoms with van der Waals surface area (Å²) in [6.45, 7) is 4.04. The molecule has 0 aliphatic carbocycles. The Morgan fingerprint density at radius 2 is 2.47 bits per heavy atom. The van der Waals surface area contributed by atoms with Gasteiger partial charge in [-0.1, -0.05) is 6.92 Å². The van der Waals surface area contributed by atoms with Gasteiger partial charge in [-0.25, -0.2) is 4.98 Å². The second-order valence-electron chi connectivity index (χ2n) is 3.68. The van der Waals surface area contributed by atoms with Crippen LogP contribution in [0, 0.1) is 0 Å². The summed E-state index contributed by atoms with van der Waals surface area (Å²) in [6, 6.07) is 0. The van der Waals surface area contributed by atoms with Crippen molar-refractivity contribution in [3.63, 3.8) is 0 Å². The van der Waals surface area contributed by atoms with E-state index >= 15 is 0 Å². The Bertz CT molecular complexity index is 315. The second kappa shape index (κ2) is 5.47. The lowest BCUT2D eigenvalue weighted by Crippen LogP contribution is -2.45. The lowest BCUT2D eigenvalue weighted by molar-refractivity contribution is 0.0897. The highest BCUT2D eigenvalue weighted by atomic mass is 35.5. The number of rotatable bonds is 5. The summed E-state index contributed by atoms with van der Waals surface area (Å²) in [7, 11) is 0. The molecule has 1 amide bonds. The smallest absolute Gasteiger partial charge is 0.271 e. The number of alkyl halides is 1. The molecule has 0 aromatic carbocycles. The molecular formula is C10H15ClN2OS. The largest absolute Gasteiger partial charge is 0.345 e. The monoisotopic (exact) mass is 246 g/mol. The zero-order valence-electron chi connectivity index (χ0n) is 8.92. The Kier molecular flexibility index (Phi) is 4.54. The number of nitrogens with zero attached hydrogens (tertiary/aromatic N) is 1. The lowest BCUT2D eigenvalue weighted by atomic mass is 9.95. The summed E-state index contributed by atoms with van der Waals surface area (Å²) in [5.41, 5.74) is 1.90. The molecule has 1 N–H and O–H groups in total. The Balaban J connectivity index is 2.63. The molecule has 84 valence electrons. The van der Waals surface area contributed by atoms with Crippen LogP contribution in [0.4, 0.5) is 0 Å². The fraction of sp³-hybridized carbons (Fsp3) is 0.600. The molecule has 0 saturated heterocycles. The number of thiazole rings is 1. The zero-order valence-corrected chi connectivity index (χ0v) is 10.5. The summed E-state index contributed by atoms with van der Waals surface area (Å²) in [4.78, 5) is 15.7. The molecule has 0 aliphatic rings. The topological polar surface area (TPSA) is 42.0 Å². The maximum absolute atomic E-state index is 11.7. The van der Waals surface area contributed by atoms with Crippen molar-refractivity contribution in [2.75, 3.05) is 5.88 Å². The highest BCUT2D eigenvalue weighted by molar-refractivity contribution is 7.07. The van der Waals surface area contributed by atoms with E-state index in [2.05, 4.69) is 10.3 Å². The van der Waals surface area contributed by atoms with Gasteiger partial charge in [0.05, 0.1) is 5.51 Å². The van der Waals surface area contributed by atoms with Gasteiger partial charge >= 0.3 is 0 Å². The van der Waals surface area contributed by atoms with Crippen molar-refractivity contribution in [2.24, 2.45) is 0 Å². The molecule has 1 aromatic rings. The maximum Gasteiger partial charge on any atom is 0.271 e. The van der Waals surface area contributed by atoms with Crippen LogP contribution in [0.25, 0.3) is 0 Å². The first-order valence-electron chi connectivity index (χ1n) is 4.88. The molecular weight excluding hydrogens is 232 g/mol. The molecule has 1 aromatic heterocycles. The van der Waals surface area contributed by atoms with E-state index in [0.29, 0.717) is 11.6 Å². The van der Waals surface area contributed by atoms with Crippen molar-refractivity contribution in [1.82, 2.24) is 10.3 Å². The fourth-order valence-corrected chi connectivity index (χ4v) is 2.15. The van der Waals surface area contributed by atoms with E-state index in [-0.39, 0.29) is 11.4 Å². The van der Waals surface area contributed by atoms with Crippen LogP contribution < -0.4 is 5.32 Å². The van der Waals surface area contributed by atoms with E-state index in [1.54, 1.807) is 10.9 Å². The number of hydrogen-bond acceptors (Lipinski definition) is 3. The van der Waals surface area contributed by atoms with Gasteiger partial charge in [0.2, 0.25) is 0 Å². The molecule has 0 aliphatic heterocycles. The highest BCUT2D eigenvalue weighted by Gasteiger charge is 2.24. The predicted octanol–water partition coefficient (Wildman–Crippen LogP) is 2.67. The molecule has 0 fully saturated rings. The molecule has 1 rings (SSSR count). The minimum Gasteiger partial charge on any atom is -0.345 e. The summed E-state index contributed by atoms with van der Waals surface area (Å²) >= 11 is 7.13. The Labute approximate surface area is 98.9 Å². The predicted molar refractivity (Wildman–Crippen MR) is 63.6 cm³/mol. The van der Waals surface area contributed by atoms with Gasteiger partial charge in [-0.05, 0) is 19.8 Å². The summed E-state index contributed by atoms with van der Waals surface area (Å²) in [5.74, 6) is 0.424. The SMILES string of the molecule is CCC(C)(CCCl)NC(=O)c1cscn1. The third-order valence-corrected chi connectivity index (χ3v) is 3.28. The van der Waals surface area contributed by atoms with E-state index in [1.165, 1.54) is 11.3 Å². The van der Waals surface area contributed by atoms with Gasteiger partial charge in [0, 0.05) is 16.8 Å². The first-order valence-corrected chi connectivity index (χ1v) is 6.35. The van der Waals surface area contributed by atoms with E-state index in [1.807, 2.05) is 13.8 Å². The van der Waals surface area contributed by atoms with Crippen LogP contribution in [0.3, 0.4) is 0 Å². The maximum atomic E-state index is 11.7. The minimum absolute atomic E-state index is 0.120. The van der Waals surface area contributed by atoms with Gasteiger partial charge in [0.1, 0.15) is 5.69 Å². The average molecular weight is 247 g/mol. The lowest BCUT2D eigenvalue weighted by Gasteiger charge is -2.28. The van der Waals surface area contributed by atoms with Gasteiger partial charge in [0.25, 0.3) is 5.91 Å². The number of halogens is 1. The molecule has 15 heavy (non-hydrogen) atoms. The Morgan fingerprint density at radius 1 is 1.73 bits per heavy atom. The number of nitrogens with one attached hydrogen (secondary N) is 1. The highest BCUT2D eigenvalue weighted by Crippen LogP contribution is 2.16. The summed E-state index contributed by atoms with van der Waals surface area (Å²) in [5, 5.41) is 4.71. The van der Waals surface area contributed by atoms with E-state index < -0.39 is 0 Å². The minimum atomic E-state index is -0.234. The number of carbonyl (C=O) groups is 1. The average Bonchev–Trinajstić information content (AvgIpc) is 2.71. The van der Waals surface area contributed by atoms with E-state index in [0.717, 1.165) is 12.8 Å². The van der Waals surface area contributed by atoms with Gasteiger partial charge in [0.15, 0.2) is 0 Å². The number of amides is 1. The van der Waals surface area contributed by atoms with Crippen molar-refractivity contribution in [3.05, 3.63) is 16.6 Å². The number of hydrogen-bond donors (Lipinski definition) is 1. The van der Waals surface area contributed by atoms with Crippen molar-refractivity contribution in [2.45, 2.75) is 32.2 Å². The Morgan fingerprint density at radius 3 is 2.93 bits per heavy atom. The third kappa shape index (κ3) is 3.47. The molecule has 1 unspecified atom stereocenters. The van der Waals surface area contributed by atoms with Crippen LogP contribution in [0.1, 0.15) is 37.2 Å². The van der Waals surface area contributed by atoms with Crippen LogP contribution in [0.2, 0.25) is 0 Å². The number of aromatic nitrogens is 1. The van der Waals surface area contributed by atoms with Gasteiger partial charge in [-0.2, -0.15) is 0 Å². The van der Waals surface area contributed by atoms with Crippen LogP contribution in [0.5, 0.6) is 0 Å². The zero-order chi connectivity index (χ0) is 11.3. The third-order valence-electron chi connectivity index (χ3n) is 2.51. The molecule has 0 spiro atoms. The van der Waals surface area contributed by atoms with Crippen LogP contribution in [-0.4, -0.2) is 22.3 Å². The quantitative estimate of drug-likeness (QED) is 0.812. The van der Waals surface area contributed by atoms with E-state index in [9.17, 15) is 4.79 Å². The number of carbonyl (C=O) groups excluding carboxylic acids is 1. The van der Waals surface area contributed by atoms with Gasteiger partial charge in [-0.3, -0.25) is 4.79 Å². The molecule has 0 saturated carbocycles. The molecule has 0 bridgehead atoms. The van der Waals surface area contributed by atoms with Crippen molar-refractivity contribution < 1.29 is 4.79 Å². The first kappa shape index (κ1) is 12.5. The standard InChI is InChI=1S/C10H15ClN2OS/c1-3-10(2,4-5-11)13-9(14)8-6-15-7-12-8/h6-7H,3-5H2,1-2H3,(H,13,14). The van der Waals surface area contributed by atoms with Gasteiger partial charge in [-0.15, -0.1) is 22.9 Å². The van der Waals surface area contributed by atoms with Crippen molar-refractivity contribution >= 4 is 28.8 Å². The Hall–Kier alpha value is -0.610. The van der Waals surface area contributed by atoms with Gasteiger partial charge < -0.3 is 5.32 Å². The second-order valence-corrected chi connectivity index (χ2v) is 4.78. The first-order chi connectivity index (χ1) is 7.11. The van der Waals surface area contributed by atoms with Crippen molar-refractivity contribution in [1.29, 1.82) is 0 Å². The molecule has 1 atom stereocenters. The van der Waals surface area contributed by atoms with Crippen molar-refractivity contribution in [3.8, 4) is 0 Å². The molecule has 1 heterocycles. The molecule has 5 heteroatoms. The van der Waals surface area contributed by atoms with Crippen LogP contribution >= 0.6 is 22.9 Å². The summed E-state index contributed by atoms with van der Waals surface area (Å²) < 4.78 is 0. The normalized spacial score (nSPS) is 14.6. The molecule has 0 radical (unpaired) electrons. The van der Waals surface area contributed by atoms with Crippen LogP contribution in [-0.2, 0) is 0 Å². The molecule has 3 nitrogen and oxygen atoms in total.